The van der Waals surface area contributed by atoms with Crippen molar-refractivity contribution in [2.75, 3.05) is 5.32 Å². The van der Waals surface area contributed by atoms with Crippen molar-refractivity contribution < 1.29 is 4.79 Å². The third kappa shape index (κ3) is 3.54. The number of carbonyl (C=O) groups is 1. The number of fused-ring (bicyclic) bond motifs is 1. The molecule has 142 valence electrons. The lowest BCUT2D eigenvalue weighted by atomic mass is 10.1. The van der Waals surface area contributed by atoms with Crippen LogP contribution in [0.2, 0.25) is 0 Å². The molecule has 3 aromatic rings. The van der Waals surface area contributed by atoms with E-state index in [1.54, 1.807) is 21.4 Å². The first-order chi connectivity index (χ1) is 12.7. The average molecular weight is 365 g/mol. The molecule has 0 saturated heterocycles. The van der Waals surface area contributed by atoms with Gasteiger partial charge in [-0.15, -0.1) is 0 Å². The molecule has 3 rings (SSSR count). The van der Waals surface area contributed by atoms with E-state index in [9.17, 15) is 9.59 Å². The Bertz CT molecular complexity index is 1060. The zero-order valence-corrected chi connectivity index (χ0v) is 16.9. The van der Waals surface area contributed by atoms with Crippen LogP contribution in [0.3, 0.4) is 0 Å². The molecule has 1 amide bonds. The lowest BCUT2D eigenvalue weighted by Crippen LogP contribution is -2.21. The van der Waals surface area contributed by atoms with E-state index in [-0.39, 0.29) is 11.5 Å². The van der Waals surface area contributed by atoms with Crippen molar-refractivity contribution in [2.24, 2.45) is 13.0 Å². The number of rotatable bonds is 4. The molecule has 0 bridgehead atoms. The normalized spacial score (nSPS) is 11.4. The van der Waals surface area contributed by atoms with Gasteiger partial charge >= 0.3 is 0 Å². The number of amides is 1. The summed E-state index contributed by atoms with van der Waals surface area (Å²) >= 11 is 0. The highest BCUT2D eigenvalue weighted by molar-refractivity contribution is 6.07. The Balaban J connectivity index is 2.02. The Hall–Kier alpha value is -2.82. The molecule has 5 nitrogen and oxygen atoms in total. The van der Waals surface area contributed by atoms with Crippen molar-refractivity contribution in [3.05, 3.63) is 63.2 Å². The minimum absolute atomic E-state index is 0.0569. The number of anilines is 1. The van der Waals surface area contributed by atoms with Crippen LogP contribution in [0.15, 0.2) is 35.3 Å². The van der Waals surface area contributed by atoms with Crippen LogP contribution >= 0.6 is 0 Å². The standard InChI is InChI=1S/C22H27N3O2/c1-13(2)12-25-8-7-18-17(22(25)27)11-19(24(18)6)21(26)23-20-15(4)9-14(3)10-16(20)5/h7-11,13H,12H2,1-6H3,(H,23,26). The highest BCUT2D eigenvalue weighted by Crippen LogP contribution is 2.23. The number of aromatic nitrogens is 2. The third-order valence-electron chi connectivity index (χ3n) is 4.89. The van der Waals surface area contributed by atoms with Gasteiger partial charge in [0, 0.05) is 25.5 Å². The maximum absolute atomic E-state index is 12.9. The van der Waals surface area contributed by atoms with Crippen LogP contribution in [0.1, 0.15) is 41.0 Å². The van der Waals surface area contributed by atoms with Crippen LogP contribution < -0.4 is 10.9 Å². The van der Waals surface area contributed by atoms with Crippen molar-refractivity contribution in [2.45, 2.75) is 41.2 Å². The molecule has 0 unspecified atom stereocenters. The summed E-state index contributed by atoms with van der Waals surface area (Å²) in [5.41, 5.74) is 5.23. The number of benzene rings is 1. The first-order valence-electron chi connectivity index (χ1n) is 9.27. The van der Waals surface area contributed by atoms with Crippen molar-refractivity contribution in [3.8, 4) is 0 Å². The highest BCUT2D eigenvalue weighted by Gasteiger charge is 2.18. The van der Waals surface area contributed by atoms with Gasteiger partial charge in [0.1, 0.15) is 5.69 Å². The smallest absolute Gasteiger partial charge is 0.272 e. The molecule has 0 atom stereocenters. The van der Waals surface area contributed by atoms with Crippen LogP contribution in [-0.2, 0) is 13.6 Å². The average Bonchev–Trinajstić information content (AvgIpc) is 2.91. The van der Waals surface area contributed by atoms with E-state index in [1.807, 2.05) is 33.9 Å². The number of pyridine rings is 1. The number of carbonyl (C=O) groups excluding carboxylic acids is 1. The van der Waals surface area contributed by atoms with Crippen molar-refractivity contribution >= 4 is 22.5 Å². The molecule has 0 aliphatic carbocycles. The fourth-order valence-electron chi connectivity index (χ4n) is 3.68. The molecular weight excluding hydrogens is 338 g/mol. The molecule has 0 aliphatic heterocycles. The topological polar surface area (TPSA) is 56.0 Å². The van der Waals surface area contributed by atoms with Crippen LogP contribution in [0.4, 0.5) is 5.69 Å². The fraction of sp³-hybridized carbons (Fsp3) is 0.364. The molecule has 0 fully saturated rings. The van der Waals surface area contributed by atoms with Crippen LogP contribution in [-0.4, -0.2) is 15.0 Å². The molecule has 27 heavy (non-hydrogen) atoms. The van der Waals surface area contributed by atoms with E-state index >= 15 is 0 Å². The summed E-state index contributed by atoms with van der Waals surface area (Å²) in [6.07, 6.45) is 1.81. The lowest BCUT2D eigenvalue weighted by molar-refractivity contribution is 0.101. The summed E-state index contributed by atoms with van der Waals surface area (Å²) in [4.78, 5) is 25.7. The summed E-state index contributed by atoms with van der Waals surface area (Å²) in [5.74, 6) is 0.165. The number of hydrogen-bond acceptors (Lipinski definition) is 2. The summed E-state index contributed by atoms with van der Waals surface area (Å²) < 4.78 is 3.49. The number of nitrogens with zero attached hydrogens (tertiary/aromatic N) is 2. The maximum atomic E-state index is 12.9. The van der Waals surface area contributed by atoms with Gasteiger partial charge in [-0.2, -0.15) is 0 Å². The Labute approximate surface area is 159 Å². The Morgan fingerprint density at radius 2 is 1.74 bits per heavy atom. The van der Waals surface area contributed by atoms with E-state index in [4.69, 9.17) is 0 Å². The van der Waals surface area contributed by atoms with Gasteiger partial charge in [0.2, 0.25) is 0 Å². The molecule has 2 heterocycles. The quantitative estimate of drug-likeness (QED) is 0.754. The Morgan fingerprint density at radius 3 is 2.33 bits per heavy atom. The van der Waals surface area contributed by atoms with E-state index < -0.39 is 0 Å². The van der Waals surface area contributed by atoms with E-state index in [1.165, 1.54) is 5.56 Å². The van der Waals surface area contributed by atoms with Crippen LogP contribution in [0.5, 0.6) is 0 Å². The molecule has 2 aromatic heterocycles. The van der Waals surface area contributed by atoms with Gasteiger partial charge in [-0.25, -0.2) is 0 Å². The molecule has 1 aromatic carbocycles. The predicted molar refractivity (Wildman–Crippen MR) is 111 cm³/mol. The molecular formula is C22H27N3O2. The van der Waals surface area contributed by atoms with Crippen molar-refractivity contribution in [1.82, 2.24) is 9.13 Å². The molecule has 0 saturated carbocycles. The predicted octanol–water partition coefficient (Wildman–Crippen LogP) is 4.17. The Morgan fingerprint density at radius 1 is 1.11 bits per heavy atom. The van der Waals surface area contributed by atoms with E-state index in [2.05, 4.69) is 31.3 Å². The summed E-state index contributed by atoms with van der Waals surface area (Å²) in [5, 5.41) is 3.59. The fourth-order valence-corrected chi connectivity index (χ4v) is 3.68. The second-order valence-electron chi connectivity index (χ2n) is 7.78. The summed E-state index contributed by atoms with van der Waals surface area (Å²) in [6, 6.07) is 7.70. The number of aryl methyl sites for hydroxylation is 4. The van der Waals surface area contributed by atoms with Crippen LogP contribution in [0, 0.1) is 26.7 Å². The van der Waals surface area contributed by atoms with Gasteiger partial charge < -0.3 is 14.5 Å². The minimum atomic E-state index is -0.210. The highest BCUT2D eigenvalue weighted by atomic mass is 16.2. The molecule has 5 heteroatoms. The van der Waals surface area contributed by atoms with Gasteiger partial charge in [0.15, 0.2) is 0 Å². The molecule has 1 N–H and O–H groups in total. The zero-order chi connectivity index (χ0) is 19.9. The zero-order valence-electron chi connectivity index (χ0n) is 16.9. The first kappa shape index (κ1) is 19.0. The summed E-state index contributed by atoms with van der Waals surface area (Å²) in [6.45, 7) is 10.8. The lowest BCUT2D eigenvalue weighted by Gasteiger charge is -2.13. The number of hydrogen-bond donors (Lipinski definition) is 1. The van der Waals surface area contributed by atoms with Crippen LogP contribution in [0.25, 0.3) is 10.9 Å². The van der Waals surface area contributed by atoms with E-state index in [0.717, 1.165) is 22.3 Å². The molecule has 0 aliphatic rings. The largest absolute Gasteiger partial charge is 0.339 e. The third-order valence-corrected chi connectivity index (χ3v) is 4.89. The minimum Gasteiger partial charge on any atom is -0.339 e. The van der Waals surface area contributed by atoms with Crippen molar-refractivity contribution in [3.63, 3.8) is 0 Å². The molecule has 0 radical (unpaired) electrons. The maximum Gasteiger partial charge on any atom is 0.272 e. The SMILES string of the molecule is Cc1cc(C)c(NC(=O)c2cc3c(=O)n(CC(C)C)ccc3n2C)c(C)c1. The van der Waals surface area contributed by atoms with E-state index in [0.29, 0.717) is 23.5 Å². The van der Waals surface area contributed by atoms with Gasteiger partial charge in [0.05, 0.1) is 10.9 Å². The number of nitrogens with one attached hydrogen (secondary N) is 1. The van der Waals surface area contributed by atoms with Gasteiger partial charge in [-0.05, 0) is 49.9 Å². The first-order valence-corrected chi connectivity index (χ1v) is 9.27. The van der Waals surface area contributed by atoms with Crippen molar-refractivity contribution in [1.29, 1.82) is 0 Å². The van der Waals surface area contributed by atoms with Gasteiger partial charge in [-0.3, -0.25) is 9.59 Å². The molecule has 0 spiro atoms. The second kappa shape index (κ2) is 7.06. The Kier molecular flexibility index (Phi) is 4.96. The summed E-state index contributed by atoms with van der Waals surface area (Å²) in [7, 11) is 1.82. The van der Waals surface area contributed by atoms with Gasteiger partial charge in [0.25, 0.3) is 11.5 Å². The van der Waals surface area contributed by atoms with Gasteiger partial charge in [-0.1, -0.05) is 31.5 Å². The monoisotopic (exact) mass is 365 g/mol. The second-order valence-corrected chi connectivity index (χ2v) is 7.78.